The molecule has 0 radical (unpaired) electrons. The number of benzene rings is 1. The van der Waals surface area contributed by atoms with Gasteiger partial charge in [-0.3, -0.25) is 4.79 Å². The van der Waals surface area contributed by atoms with E-state index in [1.165, 1.54) is 11.3 Å². The summed E-state index contributed by atoms with van der Waals surface area (Å²) in [5, 5.41) is 2.71. The van der Waals surface area contributed by atoms with E-state index in [1.54, 1.807) is 6.92 Å². The molecule has 3 heteroatoms. The van der Waals surface area contributed by atoms with Gasteiger partial charge in [-0.1, -0.05) is 23.7 Å². The highest BCUT2D eigenvalue weighted by Gasteiger charge is 2.05. The van der Waals surface area contributed by atoms with Crippen LogP contribution in [0.4, 0.5) is 0 Å². The SMILES string of the molecule is CC(=O)c1cc(-c2ccc(Cl)cc2)cs1. The summed E-state index contributed by atoms with van der Waals surface area (Å²) in [6.45, 7) is 1.58. The highest BCUT2D eigenvalue weighted by atomic mass is 35.5. The molecular weight excluding hydrogens is 228 g/mol. The smallest absolute Gasteiger partial charge is 0.169 e. The molecule has 2 rings (SSSR count). The topological polar surface area (TPSA) is 17.1 Å². The Hall–Kier alpha value is -1.12. The van der Waals surface area contributed by atoms with Gasteiger partial charge in [-0.25, -0.2) is 0 Å². The Morgan fingerprint density at radius 2 is 1.87 bits per heavy atom. The molecule has 0 bridgehead atoms. The molecule has 1 nitrogen and oxygen atoms in total. The van der Waals surface area contributed by atoms with Crippen molar-refractivity contribution in [2.45, 2.75) is 6.92 Å². The van der Waals surface area contributed by atoms with Crippen LogP contribution in [0.25, 0.3) is 11.1 Å². The lowest BCUT2D eigenvalue weighted by atomic mass is 10.1. The minimum absolute atomic E-state index is 0.111. The molecule has 0 fully saturated rings. The summed E-state index contributed by atoms with van der Waals surface area (Å²) in [5.41, 5.74) is 2.16. The van der Waals surface area contributed by atoms with E-state index >= 15 is 0 Å². The lowest BCUT2D eigenvalue weighted by Gasteiger charge is -1.96. The van der Waals surface area contributed by atoms with Crippen molar-refractivity contribution in [2.24, 2.45) is 0 Å². The molecule has 0 spiro atoms. The second-order valence-corrected chi connectivity index (χ2v) is 4.61. The van der Waals surface area contributed by atoms with Crippen LogP contribution >= 0.6 is 22.9 Å². The third kappa shape index (κ3) is 2.28. The van der Waals surface area contributed by atoms with E-state index in [1.807, 2.05) is 35.7 Å². The Kier molecular flexibility index (Phi) is 2.89. The predicted molar refractivity (Wildman–Crippen MR) is 64.8 cm³/mol. The van der Waals surface area contributed by atoms with Gasteiger partial charge in [0.1, 0.15) is 0 Å². The Balaban J connectivity index is 2.37. The number of hydrogen-bond donors (Lipinski definition) is 0. The van der Waals surface area contributed by atoms with Gasteiger partial charge in [-0.05, 0) is 41.6 Å². The van der Waals surface area contributed by atoms with Crippen LogP contribution in [0.3, 0.4) is 0 Å². The molecule has 0 saturated heterocycles. The van der Waals surface area contributed by atoms with Gasteiger partial charge in [0.05, 0.1) is 4.88 Å². The van der Waals surface area contributed by atoms with E-state index in [4.69, 9.17) is 11.6 Å². The van der Waals surface area contributed by atoms with Crippen molar-refractivity contribution >= 4 is 28.7 Å². The summed E-state index contributed by atoms with van der Waals surface area (Å²) in [6, 6.07) is 9.52. The molecule has 0 amide bonds. The van der Waals surface area contributed by atoms with Crippen molar-refractivity contribution in [3.63, 3.8) is 0 Å². The minimum atomic E-state index is 0.111. The van der Waals surface area contributed by atoms with Crippen molar-refractivity contribution in [1.82, 2.24) is 0 Å². The lowest BCUT2D eigenvalue weighted by Crippen LogP contribution is -1.84. The molecule has 0 unspecified atom stereocenters. The van der Waals surface area contributed by atoms with Crippen LogP contribution < -0.4 is 0 Å². The van der Waals surface area contributed by atoms with Crippen LogP contribution in [0.15, 0.2) is 35.7 Å². The van der Waals surface area contributed by atoms with Crippen molar-refractivity contribution in [1.29, 1.82) is 0 Å². The molecule has 1 heterocycles. The predicted octanol–water partition coefficient (Wildman–Crippen LogP) is 4.27. The van der Waals surface area contributed by atoms with E-state index in [2.05, 4.69) is 0 Å². The molecule has 0 aliphatic heterocycles. The average Bonchev–Trinajstić information content (AvgIpc) is 2.68. The summed E-state index contributed by atoms with van der Waals surface area (Å²) in [4.78, 5) is 11.9. The van der Waals surface area contributed by atoms with Crippen LogP contribution in [0, 0.1) is 0 Å². The molecule has 0 aliphatic carbocycles. The van der Waals surface area contributed by atoms with Gasteiger partial charge < -0.3 is 0 Å². The number of rotatable bonds is 2. The van der Waals surface area contributed by atoms with E-state index < -0.39 is 0 Å². The van der Waals surface area contributed by atoms with E-state index in [-0.39, 0.29) is 5.78 Å². The highest BCUT2D eigenvalue weighted by molar-refractivity contribution is 7.12. The van der Waals surface area contributed by atoms with Crippen molar-refractivity contribution in [2.75, 3.05) is 0 Å². The monoisotopic (exact) mass is 236 g/mol. The molecule has 0 saturated carbocycles. The maximum Gasteiger partial charge on any atom is 0.169 e. The molecule has 2 aromatic rings. The van der Waals surface area contributed by atoms with E-state index in [9.17, 15) is 4.79 Å². The number of thiophene rings is 1. The van der Waals surface area contributed by atoms with Gasteiger partial charge in [0.25, 0.3) is 0 Å². The van der Waals surface area contributed by atoms with Crippen molar-refractivity contribution in [3.05, 3.63) is 45.6 Å². The lowest BCUT2D eigenvalue weighted by molar-refractivity contribution is 0.102. The van der Waals surface area contributed by atoms with Crippen LogP contribution in [-0.4, -0.2) is 5.78 Å². The standard InChI is InChI=1S/C12H9ClOS/c1-8(14)12-6-10(7-15-12)9-2-4-11(13)5-3-9/h2-7H,1H3. The fourth-order valence-corrected chi connectivity index (χ4v) is 2.26. The Morgan fingerprint density at radius 3 is 2.40 bits per heavy atom. The number of ketones is 1. The zero-order valence-electron chi connectivity index (χ0n) is 8.16. The minimum Gasteiger partial charge on any atom is -0.294 e. The molecule has 0 atom stereocenters. The fourth-order valence-electron chi connectivity index (χ4n) is 1.31. The zero-order chi connectivity index (χ0) is 10.8. The normalized spacial score (nSPS) is 10.3. The van der Waals surface area contributed by atoms with E-state index in [0.717, 1.165) is 21.0 Å². The maximum atomic E-state index is 11.1. The van der Waals surface area contributed by atoms with Crippen LogP contribution in [0.1, 0.15) is 16.6 Å². The van der Waals surface area contributed by atoms with Gasteiger partial charge in [0.15, 0.2) is 5.78 Å². The Morgan fingerprint density at radius 1 is 1.20 bits per heavy atom. The Bertz CT molecular complexity index is 485. The van der Waals surface area contributed by atoms with Crippen molar-refractivity contribution in [3.8, 4) is 11.1 Å². The first kappa shape index (κ1) is 10.4. The molecule has 15 heavy (non-hydrogen) atoms. The third-order valence-electron chi connectivity index (χ3n) is 2.12. The second kappa shape index (κ2) is 4.17. The zero-order valence-corrected chi connectivity index (χ0v) is 9.73. The largest absolute Gasteiger partial charge is 0.294 e. The average molecular weight is 237 g/mol. The first-order valence-corrected chi connectivity index (χ1v) is 5.78. The maximum absolute atomic E-state index is 11.1. The van der Waals surface area contributed by atoms with Gasteiger partial charge in [-0.2, -0.15) is 0 Å². The number of hydrogen-bond acceptors (Lipinski definition) is 2. The highest BCUT2D eigenvalue weighted by Crippen LogP contribution is 2.26. The Labute approximate surface area is 97.3 Å². The van der Waals surface area contributed by atoms with E-state index in [0.29, 0.717) is 0 Å². The van der Waals surface area contributed by atoms with Gasteiger partial charge in [-0.15, -0.1) is 11.3 Å². The molecule has 1 aromatic heterocycles. The van der Waals surface area contributed by atoms with Crippen LogP contribution in [-0.2, 0) is 0 Å². The third-order valence-corrected chi connectivity index (χ3v) is 3.41. The van der Waals surface area contributed by atoms with Gasteiger partial charge >= 0.3 is 0 Å². The van der Waals surface area contributed by atoms with Crippen LogP contribution in [0.5, 0.6) is 0 Å². The summed E-state index contributed by atoms with van der Waals surface area (Å²) in [6.07, 6.45) is 0. The number of carbonyl (C=O) groups is 1. The van der Waals surface area contributed by atoms with Gasteiger partial charge in [0, 0.05) is 5.02 Å². The number of halogens is 1. The summed E-state index contributed by atoms with van der Waals surface area (Å²) >= 11 is 7.28. The fraction of sp³-hybridized carbons (Fsp3) is 0.0833. The molecule has 76 valence electrons. The summed E-state index contributed by atoms with van der Waals surface area (Å²) in [7, 11) is 0. The second-order valence-electron chi connectivity index (χ2n) is 3.26. The van der Waals surface area contributed by atoms with Crippen molar-refractivity contribution < 1.29 is 4.79 Å². The molecule has 1 aromatic carbocycles. The number of carbonyl (C=O) groups excluding carboxylic acids is 1. The van der Waals surface area contributed by atoms with Crippen LogP contribution in [0.2, 0.25) is 5.02 Å². The molecular formula is C12H9ClOS. The summed E-state index contributed by atoms with van der Waals surface area (Å²) in [5.74, 6) is 0.111. The number of Topliss-reactive ketones (excluding diaryl/α,β-unsaturated/α-hetero) is 1. The summed E-state index contributed by atoms with van der Waals surface area (Å²) < 4.78 is 0. The molecule has 0 N–H and O–H groups in total. The first-order valence-electron chi connectivity index (χ1n) is 4.52. The first-order chi connectivity index (χ1) is 7.16. The van der Waals surface area contributed by atoms with Gasteiger partial charge in [0.2, 0.25) is 0 Å². The molecule has 0 aliphatic rings. The quantitative estimate of drug-likeness (QED) is 0.712.